The molecule has 1 aliphatic heterocycles. The number of carbonyl (C=O) groups excluding carboxylic acids is 1. The largest absolute Gasteiger partial charge is 0.341 e. The molecule has 0 spiro atoms. The third-order valence-electron chi connectivity index (χ3n) is 5.24. The van der Waals surface area contributed by atoms with Crippen molar-refractivity contribution >= 4 is 23.3 Å². The number of nitrogens with two attached hydrogens (primary N) is 1. The molecule has 1 fully saturated rings. The first kappa shape index (κ1) is 20.5. The van der Waals surface area contributed by atoms with Gasteiger partial charge in [-0.15, -0.1) is 0 Å². The standard InChI is InChI=1S/C20H27ClN6O/c1-15-12-23-20(21)24-19(15)27(22)14-18(28)25(2)17-8-10-26(11-9-17)13-16-6-4-3-5-7-16/h3-7,12,17H,8-11,13-14,22H2,1-2H3. The zero-order valence-electron chi connectivity index (χ0n) is 16.4. The maximum absolute atomic E-state index is 12.7. The Morgan fingerprint density at radius 3 is 2.64 bits per heavy atom. The van der Waals surface area contributed by atoms with E-state index >= 15 is 0 Å². The second kappa shape index (κ2) is 9.32. The van der Waals surface area contributed by atoms with Crippen molar-refractivity contribution in [2.45, 2.75) is 32.4 Å². The summed E-state index contributed by atoms with van der Waals surface area (Å²) in [6.07, 6.45) is 3.51. The number of halogens is 1. The van der Waals surface area contributed by atoms with Gasteiger partial charge in [-0.3, -0.25) is 14.7 Å². The Labute approximate surface area is 171 Å². The van der Waals surface area contributed by atoms with Crippen LogP contribution in [0.3, 0.4) is 0 Å². The molecule has 2 N–H and O–H groups in total. The molecule has 1 aromatic heterocycles. The Hall–Kier alpha value is -2.22. The summed E-state index contributed by atoms with van der Waals surface area (Å²) < 4.78 is 0. The molecular weight excluding hydrogens is 376 g/mol. The third-order valence-corrected chi connectivity index (χ3v) is 5.42. The highest BCUT2D eigenvalue weighted by Crippen LogP contribution is 2.19. The lowest BCUT2D eigenvalue weighted by Crippen LogP contribution is -2.49. The quantitative estimate of drug-likeness (QED) is 0.453. The first-order valence-corrected chi connectivity index (χ1v) is 9.85. The first-order chi connectivity index (χ1) is 13.4. The molecule has 0 radical (unpaired) electrons. The smallest absolute Gasteiger partial charge is 0.243 e. The number of hydrogen-bond donors (Lipinski definition) is 1. The van der Waals surface area contributed by atoms with Crippen LogP contribution >= 0.6 is 11.6 Å². The number of amides is 1. The summed E-state index contributed by atoms with van der Waals surface area (Å²) in [6, 6.07) is 10.7. The normalized spacial score (nSPS) is 15.4. The highest BCUT2D eigenvalue weighted by atomic mass is 35.5. The number of hydrazine groups is 1. The van der Waals surface area contributed by atoms with Crippen LogP contribution in [0.2, 0.25) is 5.28 Å². The molecule has 1 aromatic carbocycles. The molecule has 150 valence electrons. The van der Waals surface area contributed by atoms with Gasteiger partial charge in [0.25, 0.3) is 0 Å². The van der Waals surface area contributed by atoms with Crippen molar-refractivity contribution in [3.8, 4) is 0 Å². The van der Waals surface area contributed by atoms with Crippen LogP contribution in [0.4, 0.5) is 5.82 Å². The van der Waals surface area contributed by atoms with Crippen LogP contribution in [0.1, 0.15) is 24.0 Å². The Morgan fingerprint density at radius 1 is 1.29 bits per heavy atom. The lowest BCUT2D eigenvalue weighted by molar-refractivity contribution is -0.131. The maximum Gasteiger partial charge on any atom is 0.243 e. The average Bonchev–Trinajstić information content (AvgIpc) is 2.70. The van der Waals surface area contributed by atoms with E-state index < -0.39 is 0 Å². The zero-order chi connectivity index (χ0) is 20.1. The van der Waals surface area contributed by atoms with E-state index in [9.17, 15) is 4.79 Å². The van der Waals surface area contributed by atoms with Gasteiger partial charge in [-0.25, -0.2) is 10.8 Å². The predicted octanol–water partition coefficient (Wildman–Crippen LogP) is 2.24. The minimum Gasteiger partial charge on any atom is -0.341 e. The summed E-state index contributed by atoms with van der Waals surface area (Å²) in [4.78, 5) is 25.0. The fourth-order valence-corrected chi connectivity index (χ4v) is 3.67. The van der Waals surface area contributed by atoms with Crippen LogP contribution in [0.15, 0.2) is 36.5 Å². The van der Waals surface area contributed by atoms with E-state index in [0.717, 1.165) is 38.0 Å². The van der Waals surface area contributed by atoms with Crippen LogP contribution < -0.4 is 10.9 Å². The summed E-state index contributed by atoms with van der Waals surface area (Å²) >= 11 is 5.85. The molecule has 8 heteroatoms. The van der Waals surface area contributed by atoms with E-state index in [-0.39, 0.29) is 23.8 Å². The van der Waals surface area contributed by atoms with Crippen LogP contribution in [0.5, 0.6) is 0 Å². The van der Waals surface area contributed by atoms with Crippen LogP contribution in [-0.4, -0.2) is 58.4 Å². The number of anilines is 1. The van der Waals surface area contributed by atoms with Gasteiger partial charge in [-0.2, -0.15) is 4.98 Å². The van der Waals surface area contributed by atoms with Crippen molar-refractivity contribution in [1.82, 2.24) is 19.8 Å². The minimum absolute atomic E-state index is 0.0295. The Balaban J connectivity index is 1.51. The number of aryl methyl sites for hydroxylation is 1. The van der Waals surface area contributed by atoms with Crippen molar-refractivity contribution in [3.63, 3.8) is 0 Å². The summed E-state index contributed by atoms with van der Waals surface area (Å²) in [5.41, 5.74) is 2.10. The number of benzene rings is 1. The van der Waals surface area contributed by atoms with Crippen LogP contribution in [-0.2, 0) is 11.3 Å². The second-order valence-electron chi connectivity index (χ2n) is 7.27. The molecule has 1 saturated heterocycles. The molecule has 1 amide bonds. The maximum atomic E-state index is 12.7. The number of nitrogens with zero attached hydrogens (tertiary/aromatic N) is 5. The van der Waals surface area contributed by atoms with Gasteiger partial charge in [0.2, 0.25) is 11.2 Å². The molecule has 7 nitrogen and oxygen atoms in total. The highest BCUT2D eigenvalue weighted by molar-refractivity contribution is 6.28. The molecule has 3 rings (SSSR count). The topological polar surface area (TPSA) is 78.6 Å². The van der Waals surface area contributed by atoms with Gasteiger partial charge in [0.1, 0.15) is 6.54 Å². The molecule has 0 unspecified atom stereocenters. The minimum atomic E-state index is -0.0295. The van der Waals surface area contributed by atoms with E-state index in [1.165, 1.54) is 10.6 Å². The molecule has 0 aliphatic carbocycles. The number of carbonyl (C=O) groups is 1. The summed E-state index contributed by atoms with van der Waals surface area (Å²) in [5.74, 6) is 6.51. The van der Waals surface area contributed by atoms with E-state index in [1.54, 1.807) is 6.20 Å². The fraction of sp³-hybridized carbons (Fsp3) is 0.450. The van der Waals surface area contributed by atoms with E-state index in [4.69, 9.17) is 17.4 Å². The van der Waals surface area contributed by atoms with Crippen LogP contribution in [0.25, 0.3) is 0 Å². The van der Waals surface area contributed by atoms with Gasteiger partial charge in [0.05, 0.1) is 0 Å². The van der Waals surface area contributed by atoms with E-state index in [2.05, 4.69) is 39.1 Å². The zero-order valence-corrected chi connectivity index (χ0v) is 17.1. The molecule has 0 atom stereocenters. The summed E-state index contributed by atoms with van der Waals surface area (Å²) in [7, 11) is 1.85. The van der Waals surface area contributed by atoms with Crippen molar-refractivity contribution < 1.29 is 4.79 Å². The number of piperidine rings is 1. The molecule has 2 heterocycles. The summed E-state index contributed by atoms with van der Waals surface area (Å²) in [6.45, 7) is 4.79. The van der Waals surface area contributed by atoms with Crippen molar-refractivity contribution in [1.29, 1.82) is 0 Å². The predicted molar refractivity (Wildman–Crippen MR) is 111 cm³/mol. The van der Waals surface area contributed by atoms with Crippen molar-refractivity contribution in [3.05, 3.63) is 52.9 Å². The number of likely N-dealkylation sites (N-methyl/N-ethyl adjacent to an activating group) is 1. The highest BCUT2D eigenvalue weighted by Gasteiger charge is 2.26. The molecule has 28 heavy (non-hydrogen) atoms. The SMILES string of the molecule is Cc1cnc(Cl)nc1N(N)CC(=O)N(C)C1CCN(Cc2ccccc2)CC1. The fourth-order valence-electron chi connectivity index (χ4n) is 3.55. The first-order valence-electron chi connectivity index (χ1n) is 9.47. The van der Waals surface area contributed by atoms with Gasteiger partial charge >= 0.3 is 0 Å². The van der Waals surface area contributed by atoms with Crippen molar-refractivity contribution in [2.24, 2.45) is 5.84 Å². The van der Waals surface area contributed by atoms with E-state index in [0.29, 0.717) is 5.82 Å². The Bertz CT molecular complexity index is 795. The average molecular weight is 403 g/mol. The number of likely N-dealkylation sites (tertiary alicyclic amines) is 1. The third kappa shape index (κ3) is 5.19. The number of aromatic nitrogens is 2. The monoisotopic (exact) mass is 402 g/mol. The van der Waals surface area contributed by atoms with Gasteiger partial charge in [-0.1, -0.05) is 30.3 Å². The van der Waals surface area contributed by atoms with Crippen molar-refractivity contribution in [2.75, 3.05) is 31.7 Å². The van der Waals surface area contributed by atoms with Gasteiger partial charge in [0.15, 0.2) is 5.82 Å². The molecular formula is C20H27ClN6O. The second-order valence-corrected chi connectivity index (χ2v) is 7.61. The van der Waals surface area contributed by atoms with E-state index in [1.807, 2.05) is 24.9 Å². The molecule has 0 bridgehead atoms. The number of rotatable bonds is 6. The Kier molecular flexibility index (Phi) is 6.83. The lowest BCUT2D eigenvalue weighted by Gasteiger charge is -2.37. The number of hydrogen-bond acceptors (Lipinski definition) is 6. The Morgan fingerprint density at radius 2 is 1.96 bits per heavy atom. The van der Waals surface area contributed by atoms with Gasteiger partial charge in [0, 0.05) is 44.5 Å². The van der Waals surface area contributed by atoms with Gasteiger partial charge < -0.3 is 4.90 Å². The molecule has 0 saturated carbocycles. The summed E-state index contributed by atoms with van der Waals surface area (Å²) in [5, 5.41) is 1.45. The van der Waals surface area contributed by atoms with Crippen LogP contribution in [0, 0.1) is 6.92 Å². The van der Waals surface area contributed by atoms with Gasteiger partial charge in [-0.05, 0) is 36.9 Å². The lowest BCUT2D eigenvalue weighted by atomic mass is 10.0. The molecule has 2 aromatic rings. The molecule has 1 aliphatic rings.